The third kappa shape index (κ3) is 5.62. The quantitative estimate of drug-likeness (QED) is 0.720. The Morgan fingerprint density at radius 2 is 1.88 bits per heavy atom. The molecular formula is C17H17Cl2N3O3. The van der Waals surface area contributed by atoms with Gasteiger partial charge in [0, 0.05) is 6.07 Å². The molecule has 0 aliphatic heterocycles. The Balaban J connectivity index is 1.92. The molecule has 0 atom stereocenters. The number of halogens is 2. The molecule has 3 amide bonds. The zero-order valence-electron chi connectivity index (χ0n) is 13.5. The van der Waals surface area contributed by atoms with Crippen molar-refractivity contribution in [3.8, 4) is 5.88 Å². The third-order valence-electron chi connectivity index (χ3n) is 3.16. The molecule has 1 aromatic heterocycles. The topological polar surface area (TPSA) is 80.3 Å². The third-order valence-corrected chi connectivity index (χ3v) is 3.79. The van der Waals surface area contributed by atoms with Gasteiger partial charge in [-0.15, -0.1) is 0 Å². The van der Waals surface area contributed by atoms with Gasteiger partial charge in [0.15, 0.2) is 0 Å². The zero-order chi connectivity index (χ0) is 18.2. The standard InChI is InChI=1S/C17H17Cl2N3O3/c1-2-3-9-25-14-8-7-11(10-20-14)21-17(24)22-16(23)15-12(18)5-4-6-13(15)19/h4-8,10H,2-3,9H2,1H3,(H2,21,22,23,24). The predicted octanol–water partition coefficient (Wildman–Crippen LogP) is 4.53. The number of ether oxygens (including phenoxy) is 1. The number of nitrogens with one attached hydrogen (secondary N) is 2. The number of carbonyl (C=O) groups is 2. The molecule has 0 fully saturated rings. The summed E-state index contributed by atoms with van der Waals surface area (Å²) in [5.41, 5.74) is 0.456. The number of nitrogens with zero attached hydrogens (tertiary/aromatic N) is 1. The second kappa shape index (κ2) is 9.25. The van der Waals surface area contributed by atoms with E-state index in [1.807, 2.05) is 0 Å². The van der Waals surface area contributed by atoms with Gasteiger partial charge in [0.25, 0.3) is 5.91 Å². The zero-order valence-corrected chi connectivity index (χ0v) is 15.0. The lowest BCUT2D eigenvalue weighted by molar-refractivity contribution is 0.0967. The SMILES string of the molecule is CCCCOc1ccc(NC(=O)NC(=O)c2c(Cl)cccc2Cl)cn1. The Kier molecular flexibility index (Phi) is 7.03. The number of pyridine rings is 1. The maximum absolute atomic E-state index is 12.1. The summed E-state index contributed by atoms with van der Waals surface area (Å²) in [4.78, 5) is 28.1. The van der Waals surface area contributed by atoms with E-state index >= 15 is 0 Å². The van der Waals surface area contributed by atoms with Crippen molar-refractivity contribution in [2.75, 3.05) is 11.9 Å². The minimum Gasteiger partial charge on any atom is -0.478 e. The fourth-order valence-electron chi connectivity index (χ4n) is 1.90. The first-order valence-corrected chi connectivity index (χ1v) is 8.42. The van der Waals surface area contributed by atoms with Crippen LogP contribution in [0.2, 0.25) is 10.0 Å². The predicted molar refractivity (Wildman–Crippen MR) is 97.6 cm³/mol. The average Bonchev–Trinajstić information content (AvgIpc) is 2.56. The van der Waals surface area contributed by atoms with Crippen molar-refractivity contribution in [1.82, 2.24) is 10.3 Å². The Labute approximate surface area is 155 Å². The van der Waals surface area contributed by atoms with Crippen LogP contribution >= 0.6 is 23.2 Å². The maximum Gasteiger partial charge on any atom is 0.326 e. The molecule has 0 saturated carbocycles. The van der Waals surface area contributed by atoms with E-state index in [0.29, 0.717) is 18.2 Å². The number of unbranched alkanes of at least 4 members (excludes halogenated alkanes) is 1. The Hall–Kier alpha value is -2.31. The highest BCUT2D eigenvalue weighted by Crippen LogP contribution is 2.24. The van der Waals surface area contributed by atoms with Crippen LogP contribution < -0.4 is 15.4 Å². The summed E-state index contributed by atoms with van der Waals surface area (Å²) in [6.07, 6.45) is 3.41. The summed E-state index contributed by atoms with van der Waals surface area (Å²) in [5.74, 6) is -0.223. The van der Waals surface area contributed by atoms with Gasteiger partial charge in [-0.3, -0.25) is 10.1 Å². The monoisotopic (exact) mass is 381 g/mol. The van der Waals surface area contributed by atoms with Crippen LogP contribution in [0.1, 0.15) is 30.1 Å². The smallest absolute Gasteiger partial charge is 0.326 e. The Morgan fingerprint density at radius 3 is 2.48 bits per heavy atom. The maximum atomic E-state index is 12.1. The number of hydrogen-bond acceptors (Lipinski definition) is 4. The fraction of sp³-hybridized carbons (Fsp3) is 0.235. The van der Waals surface area contributed by atoms with E-state index in [-0.39, 0.29) is 15.6 Å². The minimum absolute atomic E-state index is 0.0405. The van der Waals surface area contributed by atoms with E-state index in [0.717, 1.165) is 12.8 Å². The summed E-state index contributed by atoms with van der Waals surface area (Å²) in [6.45, 7) is 2.66. The summed E-state index contributed by atoms with van der Waals surface area (Å²) in [5, 5.41) is 4.99. The highest BCUT2D eigenvalue weighted by Gasteiger charge is 2.17. The second-order valence-corrected chi connectivity index (χ2v) is 5.91. The Morgan fingerprint density at radius 1 is 1.16 bits per heavy atom. The average molecular weight is 382 g/mol. The van der Waals surface area contributed by atoms with Gasteiger partial charge < -0.3 is 10.1 Å². The number of carbonyl (C=O) groups excluding carboxylic acids is 2. The fourth-order valence-corrected chi connectivity index (χ4v) is 2.47. The molecule has 0 spiro atoms. The van der Waals surface area contributed by atoms with E-state index in [2.05, 4.69) is 22.5 Å². The first kappa shape index (κ1) is 19.0. The Bertz CT molecular complexity index is 731. The lowest BCUT2D eigenvalue weighted by Crippen LogP contribution is -2.34. The summed E-state index contributed by atoms with van der Waals surface area (Å²) in [6, 6.07) is 7.18. The van der Waals surface area contributed by atoms with E-state index in [4.69, 9.17) is 27.9 Å². The number of hydrogen-bond donors (Lipinski definition) is 2. The number of anilines is 1. The number of imide groups is 1. The van der Waals surface area contributed by atoms with Crippen molar-refractivity contribution < 1.29 is 14.3 Å². The molecule has 1 aromatic carbocycles. The molecular weight excluding hydrogens is 365 g/mol. The number of amides is 3. The molecule has 0 bridgehead atoms. The summed E-state index contributed by atoms with van der Waals surface area (Å²) < 4.78 is 5.43. The molecule has 0 unspecified atom stereocenters. The molecule has 0 radical (unpaired) electrons. The molecule has 132 valence electrons. The lowest BCUT2D eigenvalue weighted by atomic mass is 10.2. The van der Waals surface area contributed by atoms with Crippen molar-refractivity contribution in [3.05, 3.63) is 52.1 Å². The van der Waals surface area contributed by atoms with Crippen LogP contribution in [0.4, 0.5) is 10.5 Å². The van der Waals surface area contributed by atoms with Gasteiger partial charge in [0.1, 0.15) is 0 Å². The van der Waals surface area contributed by atoms with Crippen molar-refractivity contribution >= 4 is 40.8 Å². The van der Waals surface area contributed by atoms with E-state index in [9.17, 15) is 9.59 Å². The van der Waals surface area contributed by atoms with Gasteiger partial charge in [-0.2, -0.15) is 0 Å². The molecule has 6 nitrogen and oxygen atoms in total. The first-order valence-electron chi connectivity index (χ1n) is 7.66. The van der Waals surface area contributed by atoms with Gasteiger partial charge in [0.05, 0.1) is 34.1 Å². The molecule has 1 heterocycles. The van der Waals surface area contributed by atoms with Crippen molar-refractivity contribution in [1.29, 1.82) is 0 Å². The van der Waals surface area contributed by atoms with E-state index in [1.165, 1.54) is 18.3 Å². The van der Waals surface area contributed by atoms with Crippen LogP contribution in [0.3, 0.4) is 0 Å². The first-order chi connectivity index (χ1) is 12.0. The van der Waals surface area contributed by atoms with Crippen LogP contribution in [0, 0.1) is 0 Å². The van der Waals surface area contributed by atoms with Crippen LogP contribution in [0.5, 0.6) is 5.88 Å². The molecule has 2 aromatic rings. The largest absolute Gasteiger partial charge is 0.478 e. The normalized spacial score (nSPS) is 10.2. The van der Waals surface area contributed by atoms with Crippen LogP contribution in [-0.4, -0.2) is 23.5 Å². The molecule has 8 heteroatoms. The summed E-state index contributed by atoms with van der Waals surface area (Å²) >= 11 is 11.9. The number of urea groups is 1. The van der Waals surface area contributed by atoms with Gasteiger partial charge in [-0.25, -0.2) is 9.78 Å². The summed E-state index contributed by atoms with van der Waals surface area (Å²) in [7, 11) is 0. The van der Waals surface area contributed by atoms with Gasteiger partial charge in [-0.05, 0) is 24.6 Å². The lowest BCUT2D eigenvalue weighted by Gasteiger charge is -2.09. The van der Waals surface area contributed by atoms with Crippen molar-refractivity contribution in [3.63, 3.8) is 0 Å². The molecule has 0 saturated heterocycles. The van der Waals surface area contributed by atoms with Gasteiger partial charge in [-0.1, -0.05) is 42.6 Å². The van der Waals surface area contributed by atoms with Gasteiger partial charge >= 0.3 is 6.03 Å². The van der Waals surface area contributed by atoms with Crippen LogP contribution in [0.25, 0.3) is 0 Å². The number of benzene rings is 1. The molecule has 0 aliphatic rings. The van der Waals surface area contributed by atoms with Crippen LogP contribution in [-0.2, 0) is 0 Å². The number of rotatable bonds is 6. The molecule has 2 rings (SSSR count). The second-order valence-electron chi connectivity index (χ2n) is 5.09. The van der Waals surface area contributed by atoms with Crippen molar-refractivity contribution in [2.45, 2.75) is 19.8 Å². The number of aromatic nitrogens is 1. The molecule has 25 heavy (non-hydrogen) atoms. The molecule has 2 N–H and O–H groups in total. The molecule has 0 aliphatic carbocycles. The van der Waals surface area contributed by atoms with E-state index < -0.39 is 11.9 Å². The minimum atomic E-state index is -0.720. The van der Waals surface area contributed by atoms with Gasteiger partial charge in [0.2, 0.25) is 5.88 Å². The van der Waals surface area contributed by atoms with Crippen molar-refractivity contribution in [2.24, 2.45) is 0 Å². The van der Waals surface area contributed by atoms with E-state index in [1.54, 1.807) is 18.2 Å². The van der Waals surface area contributed by atoms with Crippen LogP contribution in [0.15, 0.2) is 36.5 Å². The highest BCUT2D eigenvalue weighted by atomic mass is 35.5. The highest BCUT2D eigenvalue weighted by molar-refractivity contribution is 6.40.